The summed E-state index contributed by atoms with van der Waals surface area (Å²) in [4.78, 5) is 4.59. The van der Waals surface area contributed by atoms with Crippen molar-refractivity contribution in [1.29, 1.82) is 0 Å². The molecule has 0 saturated carbocycles. The lowest BCUT2D eigenvalue weighted by molar-refractivity contribution is 0.412. The van der Waals surface area contributed by atoms with Gasteiger partial charge in [-0.15, -0.1) is 6.42 Å². The zero-order valence-corrected chi connectivity index (χ0v) is 13.1. The Labute approximate surface area is 127 Å². The number of anilines is 1. The highest BCUT2D eigenvalue weighted by atomic mass is 79.9. The molecule has 1 aromatic heterocycles. The highest BCUT2D eigenvalue weighted by Gasteiger charge is 2.15. The first-order valence-corrected chi connectivity index (χ1v) is 7.03. The van der Waals surface area contributed by atoms with Crippen molar-refractivity contribution < 1.29 is 4.74 Å². The topological polar surface area (TPSA) is 53.1 Å². The van der Waals surface area contributed by atoms with Crippen molar-refractivity contribution in [3.05, 3.63) is 28.5 Å². The van der Waals surface area contributed by atoms with Crippen LogP contribution >= 0.6 is 15.9 Å². The Morgan fingerprint density at radius 1 is 1.50 bits per heavy atom. The molecular weight excluding hydrogens is 318 g/mol. The normalized spacial score (nSPS) is 10.3. The van der Waals surface area contributed by atoms with Gasteiger partial charge in [-0.25, -0.2) is 4.98 Å². The molecule has 0 aliphatic heterocycles. The van der Waals surface area contributed by atoms with Crippen LogP contribution in [0.3, 0.4) is 0 Å². The summed E-state index contributed by atoms with van der Waals surface area (Å²) in [5.74, 6) is 4.86. The third kappa shape index (κ3) is 2.52. The zero-order valence-electron chi connectivity index (χ0n) is 11.5. The number of hydrogen-bond donors (Lipinski definition) is 1. The monoisotopic (exact) mass is 333 g/mol. The quantitative estimate of drug-likeness (QED) is 0.874. The van der Waals surface area contributed by atoms with Crippen molar-refractivity contribution in [2.45, 2.75) is 19.9 Å². The number of methoxy groups -OCH3 is 1. The van der Waals surface area contributed by atoms with Crippen LogP contribution in [0.15, 0.2) is 22.7 Å². The number of ether oxygens (including phenoxy) is 1. The van der Waals surface area contributed by atoms with Crippen LogP contribution in [-0.4, -0.2) is 16.7 Å². The van der Waals surface area contributed by atoms with Gasteiger partial charge in [-0.05, 0) is 34.1 Å². The van der Waals surface area contributed by atoms with Crippen LogP contribution in [0.1, 0.15) is 12.7 Å². The van der Waals surface area contributed by atoms with Gasteiger partial charge in [0.05, 0.1) is 18.1 Å². The Bertz CT molecular complexity index is 670. The number of rotatable bonds is 4. The lowest BCUT2D eigenvalue weighted by atomic mass is 10.1. The molecule has 0 fully saturated rings. The Hall–Kier alpha value is -1.93. The zero-order chi connectivity index (χ0) is 14.7. The predicted molar refractivity (Wildman–Crippen MR) is 84.5 cm³/mol. The molecule has 0 amide bonds. The van der Waals surface area contributed by atoms with E-state index in [1.165, 1.54) is 0 Å². The molecule has 1 aromatic carbocycles. The van der Waals surface area contributed by atoms with Crippen molar-refractivity contribution in [1.82, 2.24) is 9.55 Å². The van der Waals surface area contributed by atoms with Crippen LogP contribution < -0.4 is 10.5 Å². The number of halogens is 1. The van der Waals surface area contributed by atoms with Gasteiger partial charge in [-0.2, -0.15) is 0 Å². The van der Waals surface area contributed by atoms with Crippen LogP contribution in [0.4, 0.5) is 5.82 Å². The minimum atomic E-state index is 0.430. The molecular formula is C15H16BrN3O. The van der Waals surface area contributed by atoms with E-state index in [-0.39, 0.29) is 0 Å². The summed E-state index contributed by atoms with van der Waals surface area (Å²) in [6, 6.07) is 5.75. The number of nitrogens with two attached hydrogens (primary N) is 1. The van der Waals surface area contributed by atoms with E-state index < -0.39 is 0 Å². The number of aromatic nitrogens is 2. The third-order valence-electron chi connectivity index (χ3n) is 3.08. The smallest absolute Gasteiger partial charge is 0.133 e. The summed E-state index contributed by atoms with van der Waals surface area (Å²) in [7, 11) is 1.63. The van der Waals surface area contributed by atoms with E-state index in [0.29, 0.717) is 12.4 Å². The van der Waals surface area contributed by atoms with Gasteiger partial charge in [0.25, 0.3) is 0 Å². The van der Waals surface area contributed by atoms with Crippen LogP contribution in [0.5, 0.6) is 5.75 Å². The number of benzene rings is 1. The molecule has 20 heavy (non-hydrogen) atoms. The van der Waals surface area contributed by atoms with Gasteiger partial charge < -0.3 is 15.0 Å². The molecule has 5 heteroatoms. The van der Waals surface area contributed by atoms with Gasteiger partial charge in [0.1, 0.15) is 23.1 Å². The molecule has 0 atom stereocenters. The molecule has 104 valence electrons. The second-order valence-corrected chi connectivity index (χ2v) is 5.11. The maximum atomic E-state index is 6.18. The minimum Gasteiger partial charge on any atom is -0.496 e. The van der Waals surface area contributed by atoms with Crippen molar-refractivity contribution in [3.63, 3.8) is 0 Å². The van der Waals surface area contributed by atoms with Crippen LogP contribution in [-0.2, 0) is 13.0 Å². The number of hydrogen-bond acceptors (Lipinski definition) is 3. The third-order valence-corrected chi connectivity index (χ3v) is 3.70. The van der Waals surface area contributed by atoms with E-state index in [4.69, 9.17) is 16.9 Å². The van der Waals surface area contributed by atoms with Crippen molar-refractivity contribution >= 4 is 21.7 Å². The lowest BCUT2D eigenvalue weighted by Crippen LogP contribution is -2.05. The number of terminal acetylenes is 1. The maximum Gasteiger partial charge on any atom is 0.133 e. The van der Waals surface area contributed by atoms with Gasteiger partial charge in [-0.3, -0.25) is 0 Å². The van der Waals surface area contributed by atoms with Crippen LogP contribution in [0.25, 0.3) is 11.3 Å². The fourth-order valence-electron chi connectivity index (χ4n) is 2.08. The Balaban J connectivity index is 2.53. The highest BCUT2D eigenvalue weighted by Crippen LogP contribution is 2.33. The van der Waals surface area contributed by atoms with E-state index in [0.717, 1.165) is 33.7 Å². The van der Waals surface area contributed by atoms with Crippen LogP contribution in [0, 0.1) is 12.3 Å². The largest absolute Gasteiger partial charge is 0.496 e. The summed E-state index contributed by atoms with van der Waals surface area (Å²) >= 11 is 3.47. The summed E-state index contributed by atoms with van der Waals surface area (Å²) in [6.45, 7) is 2.46. The summed E-state index contributed by atoms with van der Waals surface area (Å²) in [6.07, 6.45) is 6.17. The van der Waals surface area contributed by atoms with Crippen molar-refractivity contribution in [3.8, 4) is 29.4 Å². The van der Waals surface area contributed by atoms with Crippen molar-refractivity contribution in [2.75, 3.05) is 12.8 Å². The van der Waals surface area contributed by atoms with Crippen LogP contribution in [0.2, 0.25) is 0 Å². The molecule has 0 aliphatic carbocycles. The van der Waals surface area contributed by atoms with Gasteiger partial charge in [-0.1, -0.05) is 12.8 Å². The average Bonchev–Trinajstić information content (AvgIpc) is 2.76. The molecule has 2 aromatic rings. The Morgan fingerprint density at radius 2 is 2.25 bits per heavy atom. The molecule has 0 bridgehead atoms. The minimum absolute atomic E-state index is 0.430. The van der Waals surface area contributed by atoms with Gasteiger partial charge in [0.15, 0.2) is 0 Å². The first-order valence-electron chi connectivity index (χ1n) is 6.24. The van der Waals surface area contributed by atoms with Crippen molar-refractivity contribution in [2.24, 2.45) is 0 Å². The number of imidazole rings is 1. The standard InChI is InChI=1S/C15H16BrN3O/c1-4-8-19-13(5-2)18-14(15(19)17)10-6-7-12(20-3)11(16)9-10/h1,6-7,9H,5,8,17H2,2-3H3. The first-order chi connectivity index (χ1) is 9.62. The molecule has 0 radical (unpaired) electrons. The Morgan fingerprint density at radius 3 is 2.80 bits per heavy atom. The second-order valence-electron chi connectivity index (χ2n) is 4.26. The van der Waals surface area contributed by atoms with Gasteiger partial charge in [0.2, 0.25) is 0 Å². The van der Waals surface area contributed by atoms with E-state index in [2.05, 4.69) is 26.8 Å². The number of aryl methyl sites for hydroxylation is 1. The molecule has 4 nitrogen and oxygen atoms in total. The van der Waals surface area contributed by atoms with Gasteiger partial charge >= 0.3 is 0 Å². The highest BCUT2D eigenvalue weighted by molar-refractivity contribution is 9.10. The number of nitrogens with zero attached hydrogens (tertiary/aromatic N) is 2. The summed E-state index contributed by atoms with van der Waals surface area (Å²) < 4.78 is 7.96. The number of nitrogen functional groups attached to an aromatic ring is 1. The van der Waals surface area contributed by atoms with E-state index in [1.807, 2.05) is 29.7 Å². The molecule has 0 spiro atoms. The fraction of sp³-hybridized carbons (Fsp3) is 0.267. The van der Waals surface area contributed by atoms with Gasteiger partial charge in [0, 0.05) is 12.0 Å². The predicted octanol–water partition coefficient (Wildman–Crippen LogP) is 3.10. The SMILES string of the molecule is C#CCn1c(CC)nc(-c2ccc(OC)c(Br)c2)c1N. The molecule has 0 unspecified atom stereocenters. The fourth-order valence-corrected chi connectivity index (χ4v) is 2.62. The molecule has 2 rings (SSSR count). The Kier molecular flexibility index (Phi) is 4.35. The molecule has 1 heterocycles. The first kappa shape index (κ1) is 14.5. The second kappa shape index (κ2) is 6.02. The molecule has 0 saturated heterocycles. The van der Waals surface area contributed by atoms with E-state index >= 15 is 0 Å². The van der Waals surface area contributed by atoms with E-state index in [9.17, 15) is 0 Å². The van der Waals surface area contributed by atoms with E-state index in [1.54, 1.807) is 7.11 Å². The molecule has 2 N–H and O–H groups in total. The lowest BCUT2D eigenvalue weighted by Gasteiger charge is -2.06. The maximum absolute atomic E-state index is 6.18. The average molecular weight is 334 g/mol. The molecule has 0 aliphatic rings. The summed E-state index contributed by atoms with van der Waals surface area (Å²) in [5, 5.41) is 0. The summed E-state index contributed by atoms with van der Waals surface area (Å²) in [5.41, 5.74) is 7.86.